The molecule has 0 heterocycles. The topological polar surface area (TPSA) is 38.8 Å². The van der Waals surface area contributed by atoms with E-state index in [4.69, 9.17) is 4.74 Å². The van der Waals surface area contributed by atoms with Gasteiger partial charge in [0, 0.05) is 18.7 Å². The molecule has 0 aliphatic heterocycles. The van der Waals surface area contributed by atoms with Gasteiger partial charge in [0.1, 0.15) is 5.75 Å². The fourth-order valence-corrected chi connectivity index (χ4v) is 4.15. The Kier molecular flexibility index (Phi) is 9.19. The number of carbonyl (C=O) groups is 1. The maximum atomic E-state index is 13.6. The van der Waals surface area contributed by atoms with E-state index in [0.717, 1.165) is 30.9 Å². The second kappa shape index (κ2) is 11.9. The van der Waals surface area contributed by atoms with Crippen LogP contribution in [-0.2, 0) is 36.4 Å². The predicted molar refractivity (Wildman–Crippen MR) is 131 cm³/mol. The Labute approximate surface area is 229 Å². The van der Waals surface area contributed by atoms with Gasteiger partial charge in [-0.25, -0.2) is 4.79 Å². The van der Waals surface area contributed by atoms with E-state index in [0.29, 0.717) is 28.3 Å². The summed E-state index contributed by atoms with van der Waals surface area (Å²) in [6, 6.07) is 8.51. The van der Waals surface area contributed by atoms with Crippen LogP contribution in [0.15, 0.2) is 54.6 Å². The number of benzene rings is 3. The lowest BCUT2D eigenvalue weighted by Gasteiger charge is -2.25. The van der Waals surface area contributed by atoms with Gasteiger partial charge in [-0.1, -0.05) is 17.7 Å². The summed E-state index contributed by atoms with van der Waals surface area (Å²) in [5.41, 5.74) is -3.64. The number of alkyl halides is 9. The third-order valence-electron chi connectivity index (χ3n) is 5.97. The van der Waals surface area contributed by atoms with Gasteiger partial charge in [0.15, 0.2) is 0 Å². The highest BCUT2D eigenvalue weighted by Gasteiger charge is 2.37. The smallest absolute Gasteiger partial charge is 0.416 e. The van der Waals surface area contributed by atoms with Gasteiger partial charge in [0.25, 0.3) is 0 Å². The molecule has 3 aromatic rings. The van der Waals surface area contributed by atoms with Crippen molar-refractivity contribution in [2.75, 3.05) is 13.7 Å². The van der Waals surface area contributed by atoms with Crippen molar-refractivity contribution in [1.82, 2.24) is 4.90 Å². The van der Waals surface area contributed by atoms with Crippen molar-refractivity contribution in [2.45, 2.75) is 45.5 Å². The van der Waals surface area contributed by atoms with Crippen molar-refractivity contribution >= 4 is 6.09 Å². The van der Waals surface area contributed by atoms with Crippen LogP contribution in [0.3, 0.4) is 0 Å². The van der Waals surface area contributed by atoms with Gasteiger partial charge in [0.2, 0.25) is 0 Å². The number of halogens is 9. The lowest BCUT2D eigenvalue weighted by Crippen LogP contribution is -2.30. The van der Waals surface area contributed by atoms with E-state index >= 15 is 0 Å². The van der Waals surface area contributed by atoms with Crippen molar-refractivity contribution in [3.63, 3.8) is 0 Å². The number of aryl methyl sites for hydroxylation is 1. The van der Waals surface area contributed by atoms with Gasteiger partial charge in [-0.2, -0.15) is 39.5 Å². The summed E-state index contributed by atoms with van der Waals surface area (Å²) in [6.45, 7) is 2.16. The monoisotopic (exact) mass is 593 g/mol. The summed E-state index contributed by atoms with van der Waals surface area (Å²) in [7, 11) is 0.920. The summed E-state index contributed by atoms with van der Waals surface area (Å²) in [5.74, 6) is 0.316. The highest BCUT2D eigenvalue weighted by Crippen LogP contribution is 2.39. The molecule has 3 rings (SSSR count). The maximum absolute atomic E-state index is 13.6. The standard InChI is InChI=1S/C28H24F9NO3/c1-4-41-24-8-5-16(2)9-23(24)22-7-6-19(26(29,30)31)12-18(22)15-38(25(39)40-3)14-17-10-20(27(32,33)34)13-21(11-17)28(35,36)37/h5-13H,4,14-15H2,1-3H3. The third kappa shape index (κ3) is 7.86. The highest BCUT2D eigenvalue weighted by atomic mass is 19.4. The minimum atomic E-state index is -5.14. The van der Waals surface area contributed by atoms with E-state index < -0.39 is 60.0 Å². The first-order valence-electron chi connectivity index (χ1n) is 12.0. The first-order valence-corrected chi connectivity index (χ1v) is 12.0. The molecule has 0 saturated carbocycles. The highest BCUT2D eigenvalue weighted by molar-refractivity contribution is 5.75. The van der Waals surface area contributed by atoms with Gasteiger partial charge < -0.3 is 9.47 Å². The van der Waals surface area contributed by atoms with Gasteiger partial charge in [-0.15, -0.1) is 0 Å². The molecule has 0 spiro atoms. The Morgan fingerprint density at radius 3 is 1.83 bits per heavy atom. The van der Waals surface area contributed by atoms with Crippen LogP contribution in [0.25, 0.3) is 11.1 Å². The molecule has 0 aliphatic rings. The number of nitrogens with zero attached hydrogens (tertiary/aromatic N) is 1. The number of carbonyl (C=O) groups excluding carboxylic acids is 1. The molecule has 3 aromatic carbocycles. The van der Waals surface area contributed by atoms with Crippen LogP contribution in [0.5, 0.6) is 5.75 Å². The number of rotatable bonds is 7. The van der Waals surface area contributed by atoms with Crippen LogP contribution in [0.2, 0.25) is 0 Å². The molecule has 0 saturated heterocycles. The van der Waals surface area contributed by atoms with Crippen molar-refractivity contribution in [1.29, 1.82) is 0 Å². The van der Waals surface area contributed by atoms with Crippen LogP contribution in [0.1, 0.15) is 40.3 Å². The largest absolute Gasteiger partial charge is 0.493 e. The van der Waals surface area contributed by atoms with E-state index in [1.807, 2.05) is 0 Å². The zero-order chi connectivity index (χ0) is 30.8. The third-order valence-corrected chi connectivity index (χ3v) is 5.97. The van der Waals surface area contributed by atoms with E-state index in [1.54, 1.807) is 32.0 Å². The Hall–Kier alpha value is -3.90. The Balaban J connectivity index is 2.17. The summed E-state index contributed by atoms with van der Waals surface area (Å²) in [5, 5.41) is 0. The van der Waals surface area contributed by atoms with Gasteiger partial charge in [-0.3, -0.25) is 4.90 Å². The Bertz CT molecular complexity index is 1360. The maximum Gasteiger partial charge on any atom is 0.416 e. The van der Waals surface area contributed by atoms with E-state index in [2.05, 4.69) is 4.74 Å². The lowest BCUT2D eigenvalue weighted by atomic mass is 9.94. The molecule has 4 nitrogen and oxygen atoms in total. The molecule has 0 radical (unpaired) electrons. The summed E-state index contributed by atoms with van der Waals surface area (Å²) in [4.78, 5) is 13.4. The molecule has 0 aromatic heterocycles. The second-order valence-electron chi connectivity index (χ2n) is 9.04. The molecular weight excluding hydrogens is 569 g/mol. The SMILES string of the molecule is CCOc1ccc(C)cc1-c1ccc(C(F)(F)F)cc1CN(Cc1cc(C(F)(F)F)cc(C(F)(F)F)c1)C(=O)OC. The summed E-state index contributed by atoms with van der Waals surface area (Å²) >= 11 is 0. The number of amides is 1. The first-order chi connectivity index (χ1) is 18.9. The molecule has 0 N–H and O–H groups in total. The Morgan fingerprint density at radius 2 is 1.32 bits per heavy atom. The van der Waals surface area contributed by atoms with E-state index in [1.165, 1.54) is 0 Å². The molecule has 0 atom stereocenters. The van der Waals surface area contributed by atoms with E-state index in [-0.39, 0.29) is 23.8 Å². The summed E-state index contributed by atoms with van der Waals surface area (Å²) in [6.07, 6.45) is -16.3. The number of hydrogen-bond acceptors (Lipinski definition) is 3. The molecule has 13 heteroatoms. The summed E-state index contributed by atoms with van der Waals surface area (Å²) < 4.78 is 132. The van der Waals surface area contributed by atoms with Crippen LogP contribution in [0, 0.1) is 6.92 Å². The van der Waals surface area contributed by atoms with Crippen molar-refractivity contribution in [3.8, 4) is 16.9 Å². The average Bonchev–Trinajstić information content (AvgIpc) is 2.87. The molecular formula is C28H24F9NO3. The zero-order valence-electron chi connectivity index (χ0n) is 21.9. The lowest BCUT2D eigenvalue weighted by molar-refractivity contribution is -0.143. The molecule has 0 bridgehead atoms. The molecule has 222 valence electrons. The number of ether oxygens (including phenoxy) is 2. The molecule has 41 heavy (non-hydrogen) atoms. The van der Waals surface area contributed by atoms with Gasteiger partial charge in [-0.05, 0) is 73.0 Å². The minimum absolute atomic E-state index is 0.0656. The predicted octanol–water partition coefficient (Wildman–Crippen LogP) is 8.89. The van der Waals surface area contributed by atoms with Gasteiger partial charge >= 0.3 is 24.6 Å². The van der Waals surface area contributed by atoms with Crippen molar-refractivity contribution in [2.24, 2.45) is 0 Å². The number of methoxy groups -OCH3 is 1. The molecule has 1 amide bonds. The fraction of sp³-hybridized carbons (Fsp3) is 0.321. The van der Waals surface area contributed by atoms with Crippen LogP contribution in [0.4, 0.5) is 44.3 Å². The second-order valence-corrected chi connectivity index (χ2v) is 9.04. The van der Waals surface area contributed by atoms with Crippen LogP contribution >= 0.6 is 0 Å². The minimum Gasteiger partial charge on any atom is -0.493 e. The van der Waals surface area contributed by atoms with Crippen molar-refractivity contribution in [3.05, 3.63) is 88.0 Å². The Morgan fingerprint density at radius 1 is 0.732 bits per heavy atom. The first kappa shape index (κ1) is 31.6. The van der Waals surface area contributed by atoms with Gasteiger partial charge in [0.05, 0.1) is 30.4 Å². The van der Waals surface area contributed by atoms with Crippen LogP contribution in [-0.4, -0.2) is 24.7 Å². The molecule has 0 aliphatic carbocycles. The quantitative estimate of drug-likeness (QED) is 0.257. The zero-order valence-corrected chi connectivity index (χ0v) is 21.9. The fourth-order valence-electron chi connectivity index (χ4n) is 4.15. The van der Waals surface area contributed by atoms with Crippen LogP contribution < -0.4 is 4.74 Å². The molecule has 0 fully saturated rings. The normalized spacial score (nSPS) is 12.3. The van der Waals surface area contributed by atoms with E-state index in [9.17, 15) is 44.3 Å². The number of hydrogen-bond donors (Lipinski definition) is 0. The average molecular weight is 593 g/mol. The molecule has 0 unspecified atom stereocenters. The van der Waals surface area contributed by atoms with Crippen molar-refractivity contribution < 1.29 is 53.8 Å².